The van der Waals surface area contributed by atoms with Crippen molar-refractivity contribution in [3.05, 3.63) is 35.9 Å². The van der Waals surface area contributed by atoms with Gasteiger partial charge < -0.3 is 0 Å². The van der Waals surface area contributed by atoms with Crippen LogP contribution < -0.4 is 0 Å². The second kappa shape index (κ2) is 6.20. The van der Waals surface area contributed by atoms with Crippen LogP contribution in [0, 0.1) is 0 Å². The molecule has 0 aliphatic carbocycles. The SMILES string of the molecule is CC(C)(C)S(=O)(=O)CCCC(Br)c1ccccc1. The van der Waals surface area contributed by atoms with Gasteiger partial charge in [-0.15, -0.1) is 0 Å². The number of rotatable bonds is 5. The standard InChI is InChI=1S/C14H21BrO2S/c1-14(2,3)18(16,17)11-7-10-13(15)12-8-5-4-6-9-12/h4-6,8-9,13H,7,10-11H2,1-3H3. The Morgan fingerprint density at radius 1 is 1.17 bits per heavy atom. The van der Waals surface area contributed by atoms with Crippen molar-refractivity contribution in [1.82, 2.24) is 0 Å². The highest BCUT2D eigenvalue weighted by Gasteiger charge is 2.28. The summed E-state index contributed by atoms with van der Waals surface area (Å²) in [7, 11) is -3.00. The lowest BCUT2D eigenvalue weighted by molar-refractivity contribution is 0.556. The molecular weight excluding hydrogens is 312 g/mol. The molecule has 1 unspecified atom stereocenters. The van der Waals surface area contributed by atoms with E-state index in [1.54, 1.807) is 20.8 Å². The Hall–Kier alpha value is -0.350. The maximum Gasteiger partial charge on any atom is 0.155 e. The van der Waals surface area contributed by atoms with Gasteiger partial charge in [0.1, 0.15) is 0 Å². The molecule has 1 rings (SSSR count). The molecule has 0 bridgehead atoms. The van der Waals surface area contributed by atoms with Gasteiger partial charge in [0.05, 0.1) is 10.5 Å². The maximum atomic E-state index is 12.0. The molecule has 0 fully saturated rings. The van der Waals surface area contributed by atoms with E-state index < -0.39 is 14.6 Å². The topological polar surface area (TPSA) is 34.1 Å². The Morgan fingerprint density at radius 3 is 2.22 bits per heavy atom. The molecule has 1 aromatic carbocycles. The van der Waals surface area contributed by atoms with Crippen molar-refractivity contribution in [2.45, 2.75) is 43.2 Å². The van der Waals surface area contributed by atoms with Crippen LogP contribution in [0.15, 0.2) is 30.3 Å². The first-order chi connectivity index (χ1) is 8.24. The van der Waals surface area contributed by atoms with Gasteiger partial charge in [-0.1, -0.05) is 46.3 Å². The van der Waals surface area contributed by atoms with E-state index in [-0.39, 0.29) is 10.6 Å². The normalized spacial score (nSPS) is 14.4. The quantitative estimate of drug-likeness (QED) is 0.760. The predicted octanol–water partition coefficient (Wildman–Crippen LogP) is 4.12. The van der Waals surface area contributed by atoms with Crippen LogP contribution in [0.4, 0.5) is 0 Å². The highest BCUT2D eigenvalue weighted by Crippen LogP contribution is 2.28. The molecule has 4 heteroatoms. The van der Waals surface area contributed by atoms with Crippen molar-refractivity contribution >= 4 is 25.8 Å². The molecule has 0 spiro atoms. The Bertz CT molecular complexity index is 460. The summed E-state index contributed by atoms with van der Waals surface area (Å²) in [6, 6.07) is 10.1. The lowest BCUT2D eigenvalue weighted by atomic mass is 10.1. The van der Waals surface area contributed by atoms with Crippen LogP contribution >= 0.6 is 15.9 Å². The average molecular weight is 333 g/mol. The fraction of sp³-hybridized carbons (Fsp3) is 0.571. The first-order valence-electron chi connectivity index (χ1n) is 6.15. The molecular formula is C14H21BrO2S. The van der Waals surface area contributed by atoms with Crippen LogP contribution in [0.1, 0.15) is 44.0 Å². The second-order valence-electron chi connectivity index (χ2n) is 5.45. The third-order valence-electron chi connectivity index (χ3n) is 2.96. The van der Waals surface area contributed by atoms with Crippen LogP contribution in [0.5, 0.6) is 0 Å². The van der Waals surface area contributed by atoms with Crippen molar-refractivity contribution < 1.29 is 8.42 Å². The van der Waals surface area contributed by atoms with Crippen LogP contribution in [0.3, 0.4) is 0 Å². The zero-order valence-electron chi connectivity index (χ0n) is 11.2. The summed E-state index contributed by atoms with van der Waals surface area (Å²) in [4.78, 5) is 0.230. The van der Waals surface area contributed by atoms with Gasteiger partial charge in [0.2, 0.25) is 0 Å². The number of hydrogen-bond donors (Lipinski definition) is 0. The number of halogens is 1. The molecule has 0 radical (unpaired) electrons. The van der Waals surface area contributed by atoms with Crippen molar-refractivity contribution in [3.8, 4) is 0 Å². The van der Waals surface area contributed by atoms with E-state index in [9.17, 15) is 8.42 Å². The molecule has 0 aromatic heterocycles. The van der Waals surface area contributed by atoms with Crippen LogP contribution in [-0.2, 0) is 9.84 Å². The summed E-state index contributed by atoms with van der Waals surface area (Å²) >= 11 is 3.61. The van der Waals surface area contributed by atoms with Gasteiger partial charge in [-0.2, -0.15) is 0 Å². The molecule has 0 heterocycles. The largest absolute Gasteiger partial charge is 0.228 e. The first-order valence-corrected chi connectivity index (χ1v) is 8.72. The average Bonchev–Trinajstić information content (AvgIpc) is 2.28. The lowest BCUT2D eigenvalue weighted by Gasteiger charge is -2.19. The highest BCUT2D eigenvalue weighted by molar-refractivity contribution is 9.09. The first kappa shape index (κ1) is 15.7. The van der Waals surface area contributed by atoms with E-state index >= 15 is 0 Å². The molecule has 18 heavy (non-hydrogen) atoms. The molecule has 1 aromatic rings. The van der Waals surface area contributed by atoms with Crippen LogP contribution in [0.25, 0.3) is 0 Å². The minimum Gasteiger partial charge on any atom is -0.228 e. The molecule has 0 amide bonds. The van der Waals surface area contributed by atoms with E-state index in [0.717, 1.165) is 6.42 Å². The van der Waals surface area contributed by atoms with Crippen molar-refractivity contribution in [1.29, 1.82) is 0 Å². The van der Waals surface area contributed by atoms with Crippen LogP contribution in [0.2, 0.25) is 0 Å². The molecule has 2 nitrogen and oxygen atoms in total. The molecule has 0 saturated carbocycles. The van der Waals surface area contributed by atoms with Crippen LogP contribution in [-0.4, -0.2) is 18.9 Å². The van der Waals surface area contributed by atoms with Crippen molar-refractivity contribution in [3.63, 3.8) is 0 Å². The third kappa shape index (κ3) is 4.39. The minimum atomic E-state index is -3.00. The molecule has 1 atom stereocenters. The summed E-state index contributed by atoms with van der Waals surface area (Å²) in [5.74, 6) is 0.255. The summed E-state index contributed by atoms with van der Waals surface area (Å²) in [6.45, 7) is 5.27. The lowest BCUT2D eigenvalue weighted by Crippen LogP contribution is -2.30. The van der Waals surface area contributed by atoms with Gasteiger partial charge in [-0.05, 0) is 39.2 Å². The molecule has 0 aliphatic rings. The smallest absolute Gasteiger partial charge is 0.155 e. The molecule has 102 valence electrons. The Kier molecular flexibility index (Phi) is 5.41. The van der Waals surface area contributed by atoms with Crippen molar-refractivity contribution in [2.75, 3.05) is 5.75 Å². The predicted molar refractivity (Wildman–Crippen MR) is 80.9 cm³/mol. The zero-order valence-corrected chi connectivity index (χ0v) is 13.6. The molecule has 0 saturated heterocycles. The Morgan fingerprint density at radius 2 is 1.72 bits per heavy atom. The summed E-state index contributed by atoms with van der Waals surface area (Å²) in [5.41, 5.74) is 1.20. The second-order valence-corrected chi connectivity index (χ2v) is 9.42. The number of benzene rings is 1. The fourth-order valence-corrected chi connectivity index (χ4v) is 3.38. The van der Waals surface area contributed by atoms with E-state index in [1.165, 1.54) is 5.56 Å². The van der Waals surface area contributed by atoms with E-state index in [2.05, 4.69) is 28.1 Å². The maximum absolute atomic E-state index is 12.0. The number of sulfone groups is 1. The molecule has 0 N–H and O–H groups in total. The van der Waals surface area contributed by atoms with Crippen molar-refractivity contribution in [2.24, 2.45) is 0 Å². The van der Waals surface area contributed by atoms with E-state index in [4.69, 9.17) is 0 Å². The summed E-state index contributed by atoms with van der Waals surface area (Å²) in [5, 5.41) is 0. The monoisotopic (exact) mass is 332 g/mol. The van der Waals surface area contributed by atoms with E-state index in [0.29, 0.717) is 6.42 Å². The Balaban J connectivity index is 2.49. The highest BCUT2D eigenvalue weighted by atomic mass is 79.9. The zero-order chi connectivity index (χ0) is 13.8. The van der Waals surface area contributed by atoms with Gasteiger partial charge >= 0.3 is 0 Å². The minimum absolute atomic E-state index is 0.230. The van der Waals surface area contributed by atoms with Gasteiger partial charge in [-0.25, -0.2) is 8.42 Å². The fourth-order valence-electron chi connectivity index (χ4n) is 1.59. The molecule has 0 aliphatic heterocycles. The number of hydrogen-bond acceptors (Lipinski definition) is 2. The summed E-state index contributed by atoms with van der Waals surface area (Å²) in [6.07, 6.45) is 1.52. The Labute approximate surface area is 119 Å². The van der Waals surface area contributed by atoms with Gasteiger partial charge in [0.15, 0.2) is 9.84 Å². The van der Waals surface area contributed by atoms with E-state index in [1.807, 2.05) is 18.2 Å². The number of alkyl halides is 1. The third-order valence-corrected chi connectivity index (χ3v) is 6.64. The van der Waals surface area contributed by atoms with Gasteiger partial charge in [0, 0.05) is 4.83 Å². The van der Waals surface area contributed by atoms with Gasteiger partial charge in [0.25, 0.3) is 0 Å². The summed E-state index contributed by atoms with van der Waals surface area (Å²) < 4.78 is 23.3. The van der Waals surface area contributed by atoms with Gasteiger partial charge in [-0.3, -0.25) is 0 Å².